The number of rotatable bonds is 3. The van der Waals surface area contributed by atoms with Crippen LogP contribution < -0.4 is 0 Å². The van der Waals surface area contributed by atoms with Crippen molar-refractivity contribution < 1.29 is 0 Å². The highest BCUT2D eigenvalue weighted by atomic mass is 13.7. The highest BCUT2D eigenvalue weighted by Crippen LogP contribution is 1.89. The number of terminal acetylenes is 2. The van der Waals surface area contributed by atoms with E-state index in [1.54, 1.807) is 0 Å². The first-order valence-electron chi connectivity index (χ1n) is 5.00. The van der Waals surface area contributed by atoms with Gasteiger partial charge in [0.05, 0.1) is 0 Å². The Labute approximate surface area is 91.8 Å². The Morgan fingerprint density at radius 3 is 1.14 bits per heavy atom. The standard InChI is InChI=1S/C5H10.C5H12.2C2H2/c1-4-5(2)3;1-3-5-4-2;2*1-2/h2,4H2,1,3H3;3-5H2,1-2H3;2*1-2H. The molecule has 0 rings (SSSR count). The van der Waals surface area contributed by atoms with Crippen molar-refractivity contribution in [2.45, 2.75) is 53.4 Å². The number of unbranched alkanes of at least 4 members (excludes halogenated alkanes) is 2. The molecule has 0 aromatic heterocycles. The van der Waals surface area contributed by atoms with E-state index >= 15 is 0 Å². The summed E-state index contributed by atoms with van der Waals surface area (Å²) in [5.41, 5.74) is 1.25. The lowest BCUT2D eigenvalue weighted by molar-refractivity contribution is 0.772. The number of allylic oxidation sites excluding steroid dienone is 1. The highest BCUT2D eigenvalue weighted by Gasteiger charge is 1.68. The molecule has 0 unspecified atom stereocenters. The molecule has 0 spiro atoms. The summed E-state index contributed by atoms with van der Waals surface area (Å²) in [7, 11) is 0. The molecule has 0 heteroatoms. The molecule has 0 aliphatic heterocycles. The highest BCUT2D eigenvalue weighted by molar-refractivity contribution is 4.84. The van der Waals surface area contributed by atoms with E-state index < -0.39 is 0 Å². The quantitative estimate of drug-likeness (QED) is 0.452. The van der Waals surface area contributed by atoms with E-state index in [9.17, 15) is 0 Å². The van der Waals surface area contributed by atoms with Crippen LogP contribution in [0.5, 0.6) is 0 Å². The van der Waals surface area contributed by atoms with Crippen LogP contribution in [0.4, 0.5) is 0 Å². The summed E-state index contributed by atoms with van der Waals surface area (Å²) in [5, 5.41) is 0. The molecule has 0 aliphatic rings. The monoisotopic (exact) mass is 194 g/mol. The maximum Gasteiger partial charge on any atom is -0.0354 e. The van der Waals surface area contributed by atoms with Gasteiger partial charge in [-0.2, -0.15) is 0 Å². The van der Waals surface area contributed by atoms with E-state index in [0.717, 1.165) is 6.42 Å². The predicted molar refractivity (Wildman–Crippen MR) is 70.1 cm³/mol. The smallest absolute Gasteiger partial charge is 0.0354 e. The lowest BCUT2D eigenvalue weighted by Gasteiger charge is -1.79. The lowest BCUT2D eigenvalue weighted by atomic mass is 10.3. The molecular weight excluding hydrogens is 168 g/mol. The molecule has 0 radical (unpaired) electrons. The van der Waals surface area contributed by atoms with Gasteiger partial charge in [0.25, 0.3) is 0 Å². The fourth-order valence-corrected chi connectivity index (χ4v) is 0.354. The van der Waals surface area contributed by atoms with Crippen molar-refractivity contribution in [1.29, 1.82) is 0 Å². The summed E-state index contributed by atoms with van der Waals surface area (Å²) < 4.78 is 0. The molecule has 0 aromatic rings. The molecule has 82 valence electrons. The SMILES string of the molecule is C#C.C#C.C=C(C)CC.CCCCC. The zero-order valence-electron chi connectivity index (χ0n) is 10.3. The van der Waals surface area contributed by atoms with Gasteiger partial charge in [0.2, 0.25) is 0 Å². The molecule has 0 N–H and O–H groups in total. The summed E-state index contributed by atoms with van der Waals surface area (Å²) in [6, 6.07) is 0. The van der Waals surface area contributed by atoms with Crippen LogP contribution in [0.25, 0.3) is 0 Å². The van der Waals surface area contributed by atoms with Gasteiger partial charge in [-0.25, -0.2) is 0 Å². The van der Waals surface area contributed by atoms with Gasteiger partial charge in [0.15, 0.2) is 0 Å². The second-order valence-electron chi connectivity index (χ2n) is 2.66. The average Bonchev–Trinajstić information content (AvgIpc) is 2.26. The van der Waals surface area contributed by atoms with Gasteiger partial charge < -0.3 is 0 Å². The molecule has 14 heavy (non-hydrogen) atoms. The van der Waals surface area contributed by atoms with Gasteiger partial charge in [-0.15, -0.1) is 32.3 Å². The summed E-state index contributed by atoms with van der Waals surface area (Å²) in [4.78, 5) is 0. The maximum atomic E-state index is 4.00. The van der Waals surface area contributed by atoms with E-state index in [-0.39, 0.29) is 0 Å². The second kappa shape index (κ2) is 40.7. The normalized spacial score (nSPS) is 6.00. The fraction of sp³-hybridized carbons (Fsp3) is 0.571. The molecule has 0 heterocycles. The van der Waals surface area contributed by atoms with Crippen LogP contribution >= 0.6 is 0 Å². The van der Waals surface area contributed by atoms with Crippen LogP contribution in [-0.2, 0) is 0 Å². The van der Waals surface area contributed by atoms with Crippen molar-refractivity contribution in [3.63, 3.8) is 0 Å². The van der Waals surface area contributed by atoms with Gasteiger partial charge in [0, 0.05) is 0 Å². The van der Waals surface area contributed by atoms with Crippen LogP contribution in [0.15, 0.2) is 12.2 Å². The molecule has 0 aromatic carbocycles. The molecular formula is C14H26. The molecule has 0 bridgehead atoms. The minimum atomic E-state index is 1.11. The Morgan fingerprint density at radius 2 is 1.14 bits per heavy atom. The van der Waals surface area contributed by atoms with Crippen molar-refractivity contribution in [3.05, 3.63) is 12.2 Å². The molecule has 0 saturated heterocycles. The maximum absolute atomic E-state index is 4.00. The van der Waals surface area contributed by atoms with Crippen molar-refractivity contribution in [3.8, 4) is 25.7 Å². The summed E-state index contributed by atoms with van der Waals surface area (Å²) in [5.74, 6) is 0. The van der Waals surface area contributed by atoms with E-state index in [0.29, 0.717) is 0 Å². The van der Waals surface area contributed by atoms with Gasteiger partial charge in [-0.05, 0) is 13.3 Å². The van der Waals surface area contributed by atoms with Crippen molar-refractivity contribution in [1.82, 2.24) is 0 Å². The fourth-order valence-electron chi connectivity index (χ4n) is 0.354. The van der Waals surface area contributed by atoms with Crippen LogP contribution in [-0.4, -0.2) is 0 Å². The Balaban J connectivity index is -0.0000000528. The van der Waals surface area contributed by atoms with E-state index in [2.05, 4.69) is 53.0 Å². The predicted octanol–water partition coefficient (Wildman–Crippen LogP) is 4.67. The first-order valence-corrected chi connectivity index (χ1v) is 5.00. The first-order chi connectivity index (χ1) is 6.68. The lowest BCUT2D eigenvalue weighted by Crippen LogP contribution is -1.59. The third-order valence-electron chi connectivity index (χ3n) is 1.31. The topological polar surface area (TPSA) is 0 Å². The van der Waals surface area contributed by atoms with E-state index in [1.807, 2.05) is 6.92 Å². The summed E-state index contributed by atoms with van der Waals surface area (Å²) >= 11 is 0. The van der Waals surface area contributed by atoms with Crippen LogP contribution in [0.2, 0.25) is 0 Å². The Kier molecular flexibility index (Phi) is 67.0. The third kappa shape index (κ3) is 129. The Bertz CT molecular complexity index is 106. The summed E-state index contributed by atoms with van der Waals surface area (Å²) in [6.07, 6.45) is 21.2. The molecule has 0 nitrogen and oxygen atoms in total. The van der Waals surface area contributed by atoms with Gasteiger partial charge in [-0.3, -0.25) is 0 Å². The minimum absolute atomic E-state index is 1.11. The van der Waals surface area contributed by atoms with Crippen LogP contribution in [0.1, 0.15) is 53.4 Å². The van der Waals surface area contributed by atoms with E-state index in [4.69, 9.17) is 0 Å². The second-order valence-corrected chi connectivity index (χ2v) is 2.66. The van der Waals surface area contributed by atoms with Gasteiger partial charge >= 0.3 is 0 Å². The Morgan fingerprint density at radius 1 is 0.929 bits per heavy atom. The van der Waals surface area contributed by atoms with Crippen molar-refractivity contribution in [2.75, 3.05) is 0 Å². The van der Waals surface area contributed by atoms with Crippen LogP contribution in [0, 0.1) is 25.7 Å². The average molecular weight is 194 g/mol. The molecule has 0 aliphatic carbocycles. The largest absolute Gasteiger partial charge is 0.124 e. The van der Waals surface area contributed by atoms with Crippen molar-refractivity contribution >= 4 is 0 Å². The van der Waals surface area contributed by atoms with Gasteiger partial charge in [-0.1, -0.05) is 45.6 Å². The minimum Gasteiger partial charge on any atom is -0.124 e. The third-order valence-corrected chi connectivity index (χ3v) is 1.31. The number of hydrogen-bond donors (Lipinski definition) is 0. The summed E-state index contributed by atoms with van der Waals surface area (Å²) in [6.45, 7) is 12.2. The zero-order valence-corrected chi connectivity index (χ0v) is 10.3. The molecule has 0 amide bonds. The Hall–Kier alpha value is -1.14. The molecule has 0 fully saturated rings. The van der Waals surface area contributed by atoms with Crippen LogP contribution in [0.3, 0.4) is 0 Å². The number of hydrogen-bond acceptors (Lipinski definition) is 0. The zero-order chi connectivity index (χ0) is 12.4. The van der Waals surface area contributed by atoms with Crippen molar-refractivity contribution in [2.24, 2.45) is 0 Å². The van der Waals surface area contributed by atoms with E-state index in [1.165, 1.54) is 24.8 Å². The molecule has 0 atom stereocenters. The first kappa shape index (κ1) is 23.0. The molecule has 0 saturated carbocycles. The van der Waals surface area contributed by atoms with Gasteiger partial charge in [0.1, 0.15) is 0 Å².